The summed E-state index contributed by atoms with van der Waals surface area (Å²) in [5.74, 6) is -1.30. The van der Waals surface area contributed by atoms with Crippen molar-refractivity contribution >= 4 is 21.9 Å². The van der Waals surface area contributed by atoms with Gasteiger partial charge in [-0.3, -0.25) is 9.59 Å². The number of esters is 1. The normalized spacial score (nSPS) is 11.0. The van der Waals surface area contributed by atoms with E-state index in [-0.39, 0.29) is 4.90 Å². The minimum Gasteiger partial charge on any atom is -0.455 e. The van der Waals surface area contributed by atoms with Gasteiger partial charge in [0.25, 0.3) is 5.91 Å². The number of benzene rings is 2. The molecular weight excluding hydrogens is 368 g/mol. The maximum Gasteiger partial charge on any atom is 0.321 e. The van der Waals surface area contributed by atoms with Crippen molar-refractivity contribution in [2.24, 2.45) is 0 Å². The van der Waals surface area contributed by atoms with E-state index in [1.54, 1.807) is 13.0 Å². The maximum absolute atomic E-state index is 12.2. The molecule has 144 valence electrons. The minimum atomic E-state index is -3.83. The van der Waals surface area contributed by atoms with Gasteiger partial charge in [0.15, 0.2) is 6.61 Å². The fraction of sp³-hybridized carbons (Fsp3) is 0.263. The molecule has 2 N–H and O–H groups in total. The molecular formula is C19H22N2O5S. The maximum atomic E-state index is 12.2. The topological polar surface area (TPSA) is 102 Å². The number of rotatable bonds is 8. The first kappa shape index (κ1) is 20.6. The lowest BCUT2D eigenvalue weighted by molar-refractivity contribution is -0.147. The zero-order valence-corrected chi connectivity index (χ0v) is 16.0. The Morgan fingerprint density at radius 3 is 2.37 bits per heavy atom. The molecule has 2 rings (SSSR count). The van der Waals surface area contributed by atoms with E-state index in [4.69, 9.17) is 4.74 Å². The number of hydrogen-bond acceptors (Lipinski definition) is 5. The van der Waals surface area contributed by atoms with Crippen LogP contribution in [0.5, 0.6) is 0 Å². The predicted molar refractivity (Wildman–Crippen MR) is 100 cm³/mol. The molecule has 0 aliphatic carbocycles. The van der Waals surface area contributed by atoms with Crippen LogP contribution in [-0.2, 0) is 30.9 Å². The van der Waals surface area contributed by atoms with Crippen LogP contribution in [0.3, 0.4) is 0 Å². The Morgan fingerprint density at radius 1 is 1.00 bits per heavy atom. The van der Waals surface area contributed by atoms with Gasteiger partial charge in [0, 0.05) is 6.54 Å². The minimum absolute atomic E-state index is 0.0685. The van der Waals surface area contributed by atoms with Crippen molar-refractivity contribution < 1.29 is 22.7 Å². The van der Waals surface area contributed by atoms with Gasteiger partial charge in [0.05, 0.1) is 4.90 Å². The highest BCUT2D eigenvalue weighted by molar-refractivity contribution is 7.89. The summed E-state index contributed by atoms with van der Waals surface area (Å²) in [6.07, 6.45) is 0. The van der Waals surface area contributed by atoms with E-state index in [9.17, 15) is 18.0 Å². The number of carbonyl (C=O) groups excluding carboxylic acids is 2. The van der Waals surface area contributed by atoms with Gasteiger partial charge in [-0.2, -0.15) is 4.72 Å². The van der Waals surface area contributed by atoms with Gasteiger partial charge in [-0.1, -0.05) is 36.4 Å². The predicted octanol–water partition coefficient (Wildman–Crippen LogP) is 1.44. The van der Waals surface area contributed by atoms with E-state index in [2.05, 4.69) is 10.0 Å². The van der Waals surface area contributed by atoms with Crippen LogP contribution in [0, 0.1) is 13.8 Å². The Hall–Kier alpha value is -2.71. The van der Waals surface area contributed by atoms with Crippen LogP contribution in [-0.4, -0.2) is 33.4 Å². The number of nitrogens with one attached hydrogen (secondary N) is 2. The third kappa shape index (κ3) is 6.50. The highest BCUT2D eigenvalue weighted by Crippen LogP contribution is 2.14. The van der Waals surface area contributed by atoms with Crippen molar-refractivity contribution in [3.8, 4) is 0 Å². The third-order valence-corrected chi connectivity index (χ3v) is 5.29. The smallest absolute Gasteiger partial charge is 0.321 e. The van der Waals surface area contributed by atoms with Crippen LogP contribution in [0.4, 0.5) is 0 Å². The van der Waals surface area contributed by atoms with Crippen molar-refractivity contribution in [2.75, 3.05) is 13.2 Å². The van der Waals surface area contributed by atoms with Crippen LogP contribution < -0.4 is 10.0 Å². The number of ether oxygens (including phenoxy) is 1. The van der Waals surface area contributed by atoms with E-state index in [1.165, 1.54) is 12.1 Å². The van der Waals surface area contributed by atoms with E-state index in [1.807, 2.05) is 37.3 Å². The molecule has 27 heavy (non-hydrogen) atoms. The van der Waals surface area contributed by atoms with Gasteiger partial charge >= 0.3 is 5.97 Å². The monoisotopic (exact) mass is 390 g/mol. The molecule has 0 atom stereocenters. The Morgan fingerprint density at radius 2 is 1.70 bits per heavy atom. The first-order chi connectivity index (χ1) is 12.8. The second-order valence-corrected chi connectivity index (χ2v) is 7.76. The molecule has 2 aromatic rings. The molecule has 0 saturated carbocycles. The van der Waals surface area contributed by atoms with Gasteiger partial charge in [-0.25, -0.2) is 8.42 Å². The standard InChI is InChI=1S/C19H22N2O5S/c1-14-8-9-17(10-15(14)2)27(24,25)21-12-19(23)26-13-18(22)20-11-16-6-4-3-5-7-16/h3-10,21H,11-13H2,1-2H3,(H,20,22). The molecule has 2 aromatic carbocycles. The van der Waals surface area contributed by atoms with Gasteiger partial charge < -0.3 is 10.1 Å². The van der Waals surface area contributed by atoms with Gasteiger partial charge in [0.1, 0.15) is 6.54 Å². The molecule has 7 nitrogen and oxygen atoms in total. The molecule has 0 aliphatic heterocycles. The summed E-state index contributed by atoms with van der Waals surface area (Å²) in [6, 6.07) is 14.0. The van der Waals surface area contributed by atoms with E-state index < -0.39 is 35.1 Å². The lowest BCUT2D eigenvalue weighted by Gasteiger charge is -2.09. The van der Waals surface area contributed by atoms with Crippen molar-refractivity contribution in [1.29, 1.82) is 0 Å². The van der Waals surface area contributed by atoms with Crippen molar-refractivity contribution in [3.05, 3.63) is 65.2 Å². The van der Waals surface area contributed by atoms with Crippen molar-refractivity contribution in [2.45, 2.75) is 25.3 Å². The summed E-state index contributed by atoms with van der Waals surface area (Å²) in [5.41, 5.74) is 2.71. The fourth-order valence-corrected chi connectivity index (χ4v) is 3.22. The number of carbonyl (C=O) groups is 2. The third-order valence-electron chi connectivity index (χ3n) is 3.89. The zero-order valence-electron chi connectivity index (χ0n) is 15.2. The lowest BCUT2D eigenvalue weighted by Crippen LogP contribution is -2.33. The first-order valence-corrected chi connectivity index (χ1v) is 9.79. The Bertz CT molecular complexity index is 911. The average molecular weight is 390 g/mol. The molecule has 0 fully saturated rings. The van der Waals surface area contributed by atoms with E-state index in [0.717, 1.165) is 16.7 Å². The van der Waals surface area contributed by atoms with Gasteiger partial charge in [0.2, 0.25) is 10.0 Å². The van der Waals surface area contributed by atoms with E-state index >= 15 is 0 Å². The summed E-state index contributed by atoms with van der Waals surface area (Å²) < 4.78 is 31.4. The summed E-state index contributed by atoms with van der Waals surface area (Å²) in [5, 5.41) is 2.61. The molecule has 0 aromatic heterocycles. The SMILES string of the molecule is Cc1ccc(S(=O)(=O)NCC(=O)OCC(=O)NCc2ccccc2)cc1C. The van der Waals surface area contributed by atoms with Crippen molar-refractivity contribution in [3.63, 3.8) is 0 Å². The zero-order chi connectivity index (χ0) is 19.9. The highest BCUT2D eigenvalue weighted by atomic mass is 32.2. The number of amides is 1. The summed E-state index contributed by atoms with van der Waals surface area (Å²) in [6.45, 7) is 2.96. The van der Waals surface area contributed by atoms with Crippen LogP contribution in [0.1, 0.15) is 16.7 Å². The highest BCUT2D eigenvalue weighted by Gasteiger charge is 2.17. The quantitative estimate of drug-likeness (QED) is 0.664. The second-order valence-electron chi connectivity index (χ2n) is 5.99. The number of aryl methyl sites for hydroxylation is 2. The molecule has 0 spiro atoms. The van der Waals surface area contributed by atoms with Crippen molar-refractivity contribution in [1.82, 2.24) is 10.0 Å². The summed E-state index contributed by atoms with van der Waals surface area (Å²) in [7, 11) is -3.83. The number of hydrogen-bond donors (Lipinski definition) is 2. The molecule has 0 radical (unpaired) electrons. The summed E-state index contributed by atoms with van der Waals surface area (Å²) in [4.78, 5) is 23.4. The van der Waals surface area contributed by atoms with Crippen LogP contribution in [0.25, 0.3) is 0 Å². The Labute approximate surface area is 158 Å². The number of sulfonamides is 1. The Balaban J connectivity index is 1.76. The second kappa shape index (κ2) is 9.29. The molecule has 0 bridgehead atoms. The fourth-order valence-electron chi connectivity index (χ4n) is 2.16. The van der Waals surface area contributed by atoms with Gasteiger partial charge in [-0.05, 0) is 42.7 Å². The molecule has 0 saturated heterocycles. The first-order valence-electron chi connectivity index (χ1n) is 8.31. The molecule has 0 heterocycles. The van der Waals surface area contributed by atoms with Gasteiger partial charge in [-0.15, -0.1) is 0 Å². The lowest BCUT2D eigenvalue weighted by atomic mass is 10.1. The van der Waals surface area contributed by atoms with Crippen LogP contribution in [0.15, 0.2) is 53.4 Å². The largest absolute Gasteiger partial charge is 0.455 e. The molecule has 0 aliphatic rings. The van der Waals surface area contributed by atoms with E-state index in [0.29, 0.717) is 6.54 Å². The molecule has 1 amide bonds. The van der Waals surface area contributed by atoms with Crippen LogP contribution in [0.2, 0.25) is 0 Å². The molecule has 8 heteroatoms. The Kier molecular flexibility index (Phi) is 7.09. The summed E-state index contributed by atoms with van der Waals surface area (Å²) >= 11 is 0. The average Bonchev–Trinajstić information content (AvgIpc) is 2.66. The van der Waals surface area contributed by atoms with Crippen LogP contribution >= 0.6 is 0 Å². The molecule has 0 unspecified atom stereocenters.